The summed E-state index contributed by atoms with van der Waals surface area (Å²) in [5, 5.41) is 3.93. The molecule has 0 saturated heterocycles. The molecule has 1 aromatic rings. The number of ketones is 1. The van der Waals surface area contributed by atoms with Gasteiger partial charge in [0.15, 0.2) is 5.78 Å². The first-order chi connectivity index (χ1) is 9.46. The molecule has 0 aliphatic heterocycles. The normalized spacial score (nSPS) is 32.8. The maximum atomic E-state index is 12.8. The number of Topliss-reactive ketones (excluding diaryl/α,β-unsaturated/α-hetero) is 1. The first-order valence-corrected chi connectivity index (χ1v) is 6.91. The maximum absolute atomic E-state index is 12.8. The van der Waals surface area contributed by atoms with Gasteiger partial charge in [-0.3, -0.25) is 10.1 Å². The molecule has 96 valence electrons. The fourth-order valence-corrected chi connectivity index (χ4v) is 2.97. The minimum atomic E-state index is -1.78. The lowest BCUT2D eigenvalue weighted by Crippen LogP contribution is -2.52. The molecule has 1 unspecified atom stereocenters. The molecule has 0 amide bonds. The Bertz CT molecular complexity index is 544. The molecule has 18 heavy (non-hydrogen) atoms. The number of carbonyl (C=O) groups excluding carboxylic acids is 1. The van der Waals surface area contributed by atoms with Crippen molar-refractivity contribution in [3.63, 3.8) is 0 Å². The lowest BCUT2D eigenvalue weighted by atomic mass is 9.75. The minimum Gasteiger partial charge on any atom is -0.298 e. The van der Waals surface area contributed by atoms with E-state index in [0.717, 1.165) is 18.4 Å². The van der Waals surface area contributed by atoms with Gasteiger partial charge in [-0.15, -0.1) is 0 Å². The van der Waals surface area contributed by atoms with Gasteiger partial charge < -0.3 is 0 Å². The van der Waals surface area contributed by atoms with Crippen LogP contribution in [0.2, 0.25) is 5.02 Å². The van der Waals surface area contributed by atoms with Crippen molar-refractivity contribution in [2.24, 2.45) is 0 Å². The van der Waals surface area contributed by atoms with E-state index in [0.29, 0.717) is 30.3 Å². The average molecular weight is 266 g/mol. The lowest BCUT2D eigenvalue weighted by molar-refractivity contribution is -0.128. The molecule has 0 aromatic heterocycles. The maximum Gasteiger partial charge on any atom is 0.157 e. The Kier molecular flexibility index (Phi) is 2.59. The highest BCUT2D eigenvalue weighted by Crippen LogP contribution is 2.40. The van der Waals surface area contributed by atoms with E-state index in [1.807, 2.05) is 18.2 Å². The Morgan fingerprint density at radius 2 is 2.11 bits per heavy atom. The smallest absolute Gasteiger partial charge is 0.157 e. The predicted octanol–water partition coefficient (Wildman–Crippen LogP) is 3.43. The van der Waals surface area contributed by atoms with Gasteiger partial charge in [0, 0.05) is 20.2 Å². The Labute approximate surface area is 116 Å². The third-order valence-corrected chi connectivity index (χ3v) is 4.09. The van der Waals surface area contributed by atoms with Crippen molar-refractivity contribution in [1.82, 2.24) is 5.32 Å². The van der Waals surface area contributed by atoms with Crippen LogP contribution >= 0.6 is 11.6 Å². The SMILES string of the molecule is [2H]C1([2H])CCCC(NC2CC2)(c2ccccc2Cl)C1=O. The quantitative estimate of drug-likeness (QED) is 0.907. The van der Waals surface area contributed by atoms with Crippen LogP contribution in [0.5, 0.6) is 0 Å². The number of hydrogen-bond donors (Lipinski definition) is 1. The molecule has 3 heteroatoms. The standard InChI is InChI=1S/C15H18ClNO/c16-13-6-2-1-5-12(13)15(17-11-8-9-11)10-4-3-7-14(15)18/h1-2,5-6,11,17H,3-4,7-10H2/i7D2. The van der Waals surface area contributed by atoms with Gasteiger partial charge >= 0.3 is 0 Å². The summed E-state index contributed by atoms with van der Waals surface area (Å²) in [5.41, 5.74) is -0.233. The summed E-state index contributed by atoms with van der Waals surface area (Å²) in [4.78, 5) is 12.8. The Balaban J connectivity index is 2.08. The van der Waals surface area contributed by atoms with E-state index >= 15 is 0 Å². The van der Waals surface area contributed by atoms with Crippen LogP contribution < -0.4 is 5.32 Å². The van der Waals surface area contributed by atoms with Crippen LogP contribution in [0.3, 0.4) is 0 Å². The summed E-state index contributed by atoms with van der Waals surface area (Å²) < 4.78 is 16.0. The van der Waals surface area contributed by atoms with Gasteiger partial charge in [0.25, 0.3) is 0 Å². The predicted molar refractivity (Wildman–Crippen MR) is 72.8 cm³/mol. The minimum absolute atomic E-state index is 0.296. The Morgan fingerprint density at radius 1 is 1.33 bits per heavy atom. The van der Waals surface area contributed by atoms with E-state index in [1.165, 1.54) is 0 Å². The van der Waals surface area contributed by atoms with Crippen molar-refractivity contribution in [2.75, 3.05) is 0 Å². The van der Waals surface area contributed by atoms with Crippen LogP contribution in [0.25, 0.3) is 0 Å². The summed E-state index contributed by atoms with van der Waals surface area (Å²) in [6.45, 7) is 0. The second-order valence-corrected chi connectivity index (χ2v) is 5.57. The summed E-state index contributed by atoms with van der Waals surface area (Å²) in [6, 6.07) is 7.61. The topological polar surface area (TPSA) is 29.1 Å². The van der Waals surface area contributed by atoms with Crippen molar-refractivity contribution >= 4 is 17.4 Å². The van der Waals surface area contributed by atoms with Gasteiger partial charge in [0.05, 0.1) is 0 Å². The summed E-state index contributed by atoms with van der Waals surface area (Å²) in [7, 11) is 0. The van der Waals surface area contributed by atoms with Crippen LogP contribution in [-0.2, 0) is 10.3 Å². The molecule has 0 bridgehead atoms. The number of hydrogen-bond acceptors (Lipinski definition) is 2. The van der Waals surface area contributed by atoms with Crippen molar-refractivity contribution in [3.8, 4) is 0 Å². The number of halogens is 1. The fourth-order valence-electron chi connectivity index (χ4n) is 2.68. The molecule has 1 aromatic carbocycles. The van der Waals surface area contributed by atoms with Crippen molar-refractivity contribution < 1.29 is 7.54 Å². The second kappa shape index (κ2) is 4.67. The first-order valence-electron chi connectivity index (χ1n) is 7.53. The Morgan fingerprint density at radius 3 is 2.83 bits per heavy atom. The summed E-state index contributed by atoms with van der Waals surface area (Å²) in [6.07, 6.45) is 1.91. The number of rotatable bonds is 3. The van der Waals surface area contributed by atoms with E-state index < -0.39 is 11.9 Å². The van der Waals surface area contributed by atoms with Gasteiger partial charge in [0.2, 0.25) is 0 Å². The molecule has 1 atom stereocenters. The van der Waals surface area contributed by atoms with Crippen LogP contribution in [0, 0.1) is 0 Å². The zero-order valence-corrected chi connectivity index (χ0v) is 11.0. The number of carbonyl (C=O) groups is 1. The average Bonchev–Trinajstić information content (AvgIpc) is 3.20. The molecule has 2 aliphatic rings. The van der Waals surface area contributed by atoms with Gasteiger partial charge in [-0.2, -0.15) is 0 Å². The number of benzene rings is 1. The second-order valence-electron chi connectivity index (χ2n) is 5.16. The lowest BCUT2D eigenvalue weighted by Gasteiger charge is -2.38. The molecule has 2 aliphatic carbocycles. The largest absolute Gasteiger partial charge is 0.298 e. The van der Waals surface area contributed by atoms with Gasteiger partial charge in [-0.1, -0.05) is 36.2 Å². The van der Waals surface area contributed by atoms with Crippen LogP contribution in [0.1, 0.15) is 46.8 Å². The highest BCUT2D eigenvalue weighted by atomic mass is 35.5. The molecule has 2 nitrogen and oxygen atoms in total. The first kappa shape index (κ1) is 9.99. The van der Waals surface area contributed by atoms with E-state index in [-0.39, 0.29) is 5.78 Å². The molecular formula is C15H18ClNO. The van der Waals surface area contributed by atoms with Crippen LogP contribution in [-0.4, -0.2) is 11.8 Å². The molecule has 0 heterocycles. The van der Waals surface area contributed by atoms with Gasteiger partial charge in [-0.05, 0) is 37.3 Å². The van der Waals surface area contributed by atoms with Crippen LogP contribution in [0.15, 0.2) is 24.3 Å². The van der Waals surface area contributed by atoms with Crippen molar-refractivity contribution in [2.45, 2.75) is 50.1 Å². The molecule has 3 rings (SSSR count). The van der Waals surface area contributed by atoms with Crippen LogP contribution in [0.4, 0.5) is 0 Å². The number of nitrogens with one attached hydrogen (secondary N) is 1. The third-order valence-electron chi connectivity index (χ3n) is 3.76. The van der Waals surface area contributed by atoms with E-state index in [1.54, 1.807) is 6.07 Å². The molecule has 0 spiro atoms. The molecule has 0 radical (unpaired) electrons. The molecular weight excluding hydrogens is 246 g/mol. The summed E-state index contributed by atoms with van der Waals surface area (Å²) in [5.74, 6) is -0.365. The monoisotopic (exact) mass is 265 g/mol. The van der Waals surface area contributed by atoms with Crippen molar-refractivity contribution in [1.29, 1.82) is 0 Å². The van der Waals surface area contributed by atoms with E-state index in [4.69, 9.17) is 14.3 Å². The molecule has 2 fully saturated rings. The highest BCUT2D eigenvalue weighted by Gasteiger charge is 2.45. The highest BCUT2D eigenvalue weighted by molar-refractivity contribution is 6.31. The molecule has 1 N–H and O–H groups in total. The zero-order valence-electron chi connectivity index (χ0n) is 12.2. The third kappa shape index (κ3) is 2.08. The van der Waals surface area contributed by atoms with Gasteiger partial charge in [0.1, 0.15) is 5.54 Å². The summed E-state index contributed by atoms with van der Waals surface area (Å²) >= 11 is 6.29. The van der Waals surface area contributed by atoms with E-state index in [2.05, 4.69) is 5.32 Å². The van der Waals surface area contributed by atoms with Gasteiger partial charge in [-0.25, -0.2) is 0 Å². The van der Waals surface area contributed by atoms with Crippen molar-refractivity contribution in [3.05, 3.63) is 34.9 Å². The fraction of sp³-hybridized carbons (Fsp3) is 0.533. The zero-order chi connectivity index (χ0) is 14.4. The molecule has 2 saturated carbocycles. The van der Waals surface area contributed by atoms with E-state index in [9.17, 15) is 4.79 Å². The Hall–Kier alpha value is -0.860.